The molecule has 0 amide bonds. The highest BCUT2D eigenvalue weighted by Gasteiger charge is 2.30. The fourth-order valence-electron chi connectivity index (χ4n) is 3.15. The molecule has 0 N–H and O–H groups in total. The van der Waals surface area contributed by atoms with Gasteiger partial charge < -0.3 is 0 Å². The zero-order valence-electron chi connectivity index (χ0n) is 16.4. The van der Waals surface area contributed by atoms with E-state index in [-0.39, 0.29) is 0 Å². The first-order valence-corrected chi connectivity index (χ1v) is 10.8. The van der Waals surface area contributed by atoms with Crippen molar-refractivity contribution in [2.45, 2.75) is 24.0 Å². The van der Waals surface area contributed by atoms with Gasteiger partial charge in [-0.15, -0.1) is 10.2 Å². The number of nitrogens with zero attached hydrogens (tertiary/aromatic N) is 3. The highest BCUT2D eigenvalue weighted by Crippen LogP contribution is 2.34. The third-order valence-corrected chi connectivity index (χ3v) is 6.08. The summed E-state index contributed by atoms with van der Waals surface area (Å²) in [6.07, 6.45) is -4.35. The van der Waals surface area contributed by atoms with Crippen molar-refractivity contribution in [3.05, 3.63) is 94.5 Å². The highest BCUT2D eigenvalue weighted by molar-refractivity contribution is 7.98. The van der Waals surface area contributed by atoms with Gasteiger partial charge >= 0.3 is 6.18 Å². The molecule has 31 heavy (non-hydrogen) atoms. The van der Waals surface area contributed by atoms with Crippen molar-refractivity contribution in [3.63, 3.8) is 0 Å². The van der Waals surface area contributed by atoms with Gasteiger partial charge in [0, 0.05) is 11.3 Å². The van der Waals surface area contributed by atoms with Crippen LogP contribution in [0.4, 0.5) is 13.2 Å². The molecular formula is C23H17ClF3N3S. The molecule has 1 aromatic heterocycles. The Bertz CT molecular complexity index is 1200. The monoisotopic (exact) mass is 459 g/mol. The molecule has 4 aromatic rings. The van der Waals surface area contributed by atoms with Crippen LogP contribution in [0.5, 0.6) is 0 Å². The number of hydrogen-bond donors (Lipinski definition) is 0. The molecule has 0 aliphatic heterocycles. The number of aryl methyl sites for hydroxylation is 1. The van der Waals surface area contributed by atoms with E-state index in [4.69, 9.17) is 11.6 Å². The summed E-state index contributed by atoms with van der Waals surface area (Å²) in [5.74, 6) is 1.06. The molecule has 0 saturated heterocycles. The maximum atomic E-state index is 12.8. The van der Waals surface area contributed by atoms with Gasteiger partial charge in [0.05, 0.1) is 16.3 Å². The summed E-state index contributed by atoms with van der Waals surface area (Å²) in [6.45, 7) is 2.00. The molecule has 0 spiro atoms. The SMILES string of the molecule is Cc1ccccc1-n1c(SCc2ccc(C(F)(F)F)cc2)nnc1-c1ccccc1Cl. The van der Waals surface area contributed by atoms with Crippen molar-refractivity contribution >= 4 is 23.4 Å². The fraction of sp³-hybridized carbons (Fsp3) is 0.130. The minimum atomic E-state index is -4.35. The Kier molecular flexibility index (Phi) is 6.07. The molecule has 4 rings (SSSR count). The van der Waals surface area contributed by atoms with E-state index in [1.54, 1.807) is 6.07 Å². The van der Waals surface area contributed by atoms with E-state index in [1.807, 2.05) is 54.0 Å². The zero-order chi connectivity index (χ0) is 22.0. The van der Waals surface area contributed by atoms with Crippen LogP contribution in [0.1, 0.15) is 16.7 Å². The molecule has 158 valence electrons. The van der Waals surface area contributed by atoms with Crippen LogP contribution in [0.3, 0.4) is 0 Å². The lowest BCUT2D eigenvalue weighted by Gasteiger charge is -2.13. The van der Waals surface area contributed by atoms with E-state index in [1.165, 1.54) is 23.9 Å². The maximum absolute atomic E-state index is 12.8. The Morgan fingerprint density at radius 1 is 0.903 bits per heavy atom. The van der Waals surface area contributed by atoms with Gasteiger partial charge in [0.15, 0.2) is 11.0 Å². The third kappa shape index (κ3) is 4.62. The summed E-state index contributed by atoms with van der Waals surface area (Å²) in [5, 5.41) is 9.93. The molecule has 0 aliphatic carbocycles. The van der Waals surface area contributed by atoms with Gasteiger partial charge in [-0.1, -0.05) is 65.8 Å². The standard InChI is InChI=1S/C23H17ClF3N3S/c1-15-6-2-5-9-20(15)30-21(18-7-3-4-8-19(18)24)28-29-22(30)31-14-16-10-12-17(13-11-16)23(25,26)27/h2-13H,14H2,1H3. The Labute approximate surface area is 186 Å². The van der Waals surface area contributed by atoms with Crippen molar-refractivity contribution in [2.24, 2.45) is 0 Å². The molecule has 0 saturated carbocycles. The van der Waals surface area contributed by atoms with E-state index in [2.05, 4.69) is 10.2 Å². The quantitative estimate of drug-likeness (QED) is 0.295. The van der Waals surface area contributed by atoms with E-state index in [0.29, 0.717) is 21.8 Å². The van der Waals surface area contributed by atoms with Gasteiger partial charge in [-0.3, -0.25) is 4.57 Å². The van der Waals surface area contributed by atoms with Crippen LogP contribution in [-0.2, 0) is 11.9 Å². The summed E-state index contributed by atoms with van der Waals surface area (Å²) >= 11 is 7.82. The Morgan fingerprint density at radius 2 is 1.58 bits per heavy atom. The Hall–Kier alpha value is -2.77. The second-order valence-electron chi connectivity index (χ2n) is 6.89. The second-order valence-corrected chi connectivity index (χ2v) is 8.24. The smallest absolute Gasteiger partial charge is 0.270 e. The number of aromatic nitrogens is 3. The van der Waals surface area contributed by atoms with Gasteiger partial charge in [-0.2, -0.15) is 13.2 Å². The largest absolute Gasteiger partial charge is 0.416 e. The first kappa shape index (κ1) is 21.5. The molecule has 0 aliphatic rings. The second kappa shape index (κ2) is 8.77. The number of para-hydroxylation sites is 1. The zero-order valence-corrected chi connectivity index (χ0v) is 18.0. The van der Waals surface area contributed by atoms with Crippen LogP contribution in [0, 0.1) is 6.92 Å². The summed E-state index contributed by atoms with van der Waals surface area (Å²) in [7, 11) is 0. The molecular weight excluding hydrogens is 443 g/mol. The molecule has 3 aromatic carbocycles. The lowest BCUT2D eigenvalue weighted by Crippen LogP contribution is -2.04. The normalized spacial score (nSPS) is 11.6. The number of alkyl halides is 3. The topological polar surface area (TPSA) is 30.7 Å². The minimum absolute atomic E-state index is 0.449. The van der Waals surface area contributed by atoms with Gasteiger partial charge in [-0.25, -0.2) is 0 Å². The fourth-order valence-corrected chi connectivity index (χ4v) is 4.27. The average molecular weight is 460 g/mol. The third-order valence-electron chi connectivity index (χ3n) is 4.75. The molecule has 0 fully saturated rings. The van der Waals surface area contributed by atoms with Gasteiger partial charge in [0.25, 0.3) is 0 Å². The summed E-state index contributed by atoms with van der Waals surface area (Å²) < 4.78 is 40.4. The molecule has 0 radical (unpaired) electrons. The first-order valence-electron chi connectivity index (χ1n) is 9.40. The van der Waals surface area contributed by atoms with Crippen molar-refractivity contribution in [2.75, 3.05) is 0 Å². The van der Waals surface area contributed by atoms with E-state index >= 15 is 0 Å². The van der Waals surface area contributed by atoms with Gasteiger partial charge in [0.1, 0.15) is 0 Å². The van der Waals surface area contributed by atoms with Crippen molar-refractivity contribution in [1.29, 1.82) is 0 Å². The average Bonchev–Trinajstić information content (AvgIpc) is 3.16. The molecule has 0 unspecified atom stereocenters. The van der Waals surface area contributed by atoms with Crippen LogP contribution < -0.4 is 0 Å². The van der Waals surface area contributed by atoms with E-state index < -0.39 is 11.7 Å². The molecule has 0 atom stereocenters. The van der Waals surface area contributed by atoms with Gasteiger partial charge in [0.2, 0.25) is 0 Å². The number of halogens is 4. The number of benzene rings is 3. The minimum Gasteiger partial charge on any atom is -0.270 e. The highest BCUT2D eigenvalue weighted by atomic mass is 35.5. The van der Waals surface area contributed by atoms with Crippen LogP contribution in [-0.4, -0.2) is 14.8 Å². The van der Waals surface area contributed by atoms with Crippen LogP contribution in [0.25, 0.3) is 17.1 Å². The molecule has 3 nitrogen and oxygen atoms in total. The number of rotatable bonds is 5. The van der Waals surface area contributed by atoms with Crippen molar-refractivity contribution in [3.8, 4) is 17.1 Å². The Balaban J connectivity index is 1.70. The van der Waals surface area contributed by atoms with Crippen molar-refractivity contribution in [1.82, 2.24) is 14.8 Å². The molecule has 1 heterocycles. The summed E-state index contributed by atoms with van der Waals surface area (Å²) in [4.78, 5) is 0. The summed E-state index contributed by atoms with van der Waals surface area (Å²) in [6, 6.07) is 20.4. The maximum Gasteiger partial charge on any atom is 0.416 e. The predicted octanol–water partition coefficient (Wildman–Crippen LogP) is 7.21. The molecule has 8 heteroatoms. The van der Waals surface area contributed by atoms with E-state index in [9.17, 15) is 13.2 Å². The van der Waals surface area contributed by atoms with Crippen LogP contribution in [0.2, 0.25) is 5.02 Å². The van der Waals surface area contributed by atoms with Crippen molar-refractivity contribution < 1.29 is 13.2 Å². The van der Waals surface area contributed by atoms with Gasteiger partial charge in [-0.05, 0) is 48.4 Å². The number of hydrogen-bond acceptors (Lipinski definition) is 3. The van der Waals surface area contributed by atoms with E-state index in [0.717, 1.165) is 34.5 Å². The summed E-state index contributed by atoms with van der Waals surface area (Å²) in [5.41, 5.74) is 2.80. The van der Waals surface area contributed by atoms with Crippen LogP contribution >= 0.6 is 23.4 Å². The first-order chi connectivity index (χ1) is 14.8. The predicted molar refractivity (Wildman–Crippen MR) is 118 cm³/mol. The molecule has 0 bridgehead atoms. The lowest BCUT2D eigenvalue weighted by molar-refractivity contribution is -0.137. The Morgan fingerprint density at radius 3 is 2.26 bits per heavy atom. The van der Waals surface area contributed by atoms with Crippen LogP contribution in [0.15, 0.2) is 78.0 Å². The number of thioether (sulfide) groups is 1. The lowest BCUT2D eigenvalue weighted by atomic mass is 10.1.